The molecular weight excluding hydrogens is 352 g/mol. The van der Waals surface area contributed by atoms with E-state index < -0.39 is 0 Å². The number of ether oxygens (including phenoxy) is 1. The molecule has 0 spiro atoms. The van der Waals surface area contributed by atoms with Gasteiger partial charge in [0.15, 0.2) is 0 Å². The van der Waals surface area contributed by atoms with E-state index in [-0.39, 0.29) is 11.8 Å². The second-order valence-corrected chi connectivity index (χ2v) is 7.06. The number of amides is 2. The predicted octanol–water partition coefficient (Wildman–Crippen LogP) is 4.67. The molecule has 5 heteroatoms. The highest BCUT2D eigenvalue weighted by molar-refractivity contribution is 5.94. The van der Waals surface area contributed by atoms with E-state index in [2.05, 4.69) is 24.5 Å². The summed E-state index contributed by atoms with van der Waals surface area (Å²) in [5.74, 6) is 0.645. The minimum atomic E-state index is -0.148. The van der Waals surface area contributed by atoms with E-state index in [1.54, 1.807) is 12.1 Å². The van der Waals surface area contributed by atoms with Crippen molar-refractivity contribution in [3.8, 4) is 5.75 Å². The Kier molecular flexibility index (Phi) is 13.7. The Labute approximate surface area is 170 Å². The first-order chi connectivity index (χ1) is 13.7. The molecule has 0 bridgehead atoms. The molecule has 0 fully saturated rings. The fraction of sp³-hybridized carbons (Fsp3) is 0.609. The van der Waals surface area contributed by atoms with E-state index in [1.165, 1.54) is 38.5 Å². The van der Waals surface area contributed by atoms with Crippen LogP contribution in [-0.4, -0.2) is 31.5 Å². The molecule has 1 aromatic carbocycles. The Morgan fingerprint density at radius 3 is 2.21 bits per heavy atom. The van der Waals surface area contributed by atoms with Gasteiger partial charge in [0.25, 0.3) is 5.91 Å². The Morgan fingerprint density at radius 2 is 1.54 bits per heavy atom. The summed E-state index contributed by atoms with van der Waals surface area (Å²) in [5, 5.41) is 5.58. The van der Waals surface area contributed by atoms with Gasteiger partial charge in [-0.2, -0.15) is 0 Å². The number of hydrogen-bond acceptors (Lipinski definition) is 3. The lowest BCUT2D eigenvalue weighted by molar-refractivity contribution is -0.121. The summed E-state index contributed by atoms with van der Waals surface area (Å²) in [7, 11) is 0. The lowest BCUT2D eigenvalue weighted by Crippen LogP contribution is -2.34. The largest absolute Gasteiger partial charge is 0.494 e. The summed E-state index contributed by atoms with van der Waals surface area (Å²) >= 11 is 0. The summed E-state index contributed by atoms with van der Waals surface area (Å²) in [5.41, 5.74) is 0.589. The highest BCUT2D eigenvalue weighted by Crippen LogP contribution is 2.13. The van der Waals surface area contributed by atoms with E-state index in [4.69, 9.17) is 4.74 Å². The molecule has 28 heavy (non-hydrogen) atoms. The van der Waals surface area contributed by atoms with Crippen LogP contribution >= 0.6 is 0 Å². The summed E-state index contributed by atoms with van der Waals surface area (Å²) in [6, 6.07) is 7.19. The molecule has 2 N–H and O–H groups in total. The molecule has 0 aliphatic carbocycles. The molecule has 5 nitrogen and oxygen atoms in total. The zero-order chi connectivity index (χ0) is 20.5. The molecule has 0 aliphatic heterocycles. The van der Waals surface area contributed by atoms with E-state index >= 15 is 0 Å². The number of carbonyl (C=O) groups excluding carboxylic acids is 2. The monoisotopic (exact) mass is 389 g/mol. The van der Waals surface area contributed by atoms with Crippen molar-refractivity contribution >= 4 is 11.8 Å². The average Bonchev–Trinajstić information content (AvgIpc) is 2.72. The van der Waals surface area contributed by atoms with Crippen LogP contribution < -0.4 is 15.4 Å². The number of hydrogen-bond donors (Lipinski definition) is 2. The van der Waals surface area contributed by atoms with Gasteiger partial charge in [0.2, 0.25) is 5.91 Å². The van der Waals surface area contributed by atoms with Crippen LogP contribution in [0.5, 0.6) is 5.75 Å². The standard InChI is InChI=1S/C23H37N2O3/c1-3-5-7-8-9-10-11-19-28-21-15-13-20(14-16-21)23(27)25-18-17-24-22(26)12-6-4-2/h13-16H,2-12,17-19H2,1H3,(H,24,26)(H,25,27). The quantitative estimate of drug-likeness (QED) is 0.404. The molecule has 0 aromatic heterocycles. The third-order valence-electron chi connectivity index (χ3n) is 4.52. The van der Waals surface area contributed by atoms with Crippen molar-refractivity contribution in [3.05, 3.63) is 36.8 Å². The van der Waals surface area contributed by atoms with Crippen molar-refractivity contribution in [1.29, 1.82) is 0 Å². The van der Waals surface area contributed by atoms with E-state index in [1.807, 2.05) is 12.1 Å². The van der Waals surface area contributed by atoms with Crippen molar-refractivity contribution in [1.82, 2.24) is 10.6 Å². The summed E-state index contributed by atoms with van der Waals surface area (Å²) in [6.45, 7) is 7.50. The van der Waals surface area contributed by atoms with Gasteiger partial charge in [0, 0.05) is 25.1 Å². The van der Waals surface area contributed by atoms with Gasteiger partial charge in [0.1, 0.15) is 5.75 Å². The van der Waals surface area contributed by atoms with Crippen molar-refractivity contribution in [2.75, 3.05) is 19.7 Å². The third-order valence-corrected chi connectivity index (χ3v) is 4.52. The minimum absolute atomic E-state index is 0.000333. The zero-order valence-corrected chi connectivity index (χ0v) is 17.4. The highest BCUT2D eigenvalue weighted by Gasteiger charge is 2.06. The van der Waals surface area contributed by atoms with Crippen molar-refractivity contribution in [3.63, 3.8) is 0 Å². The molecule has 1 aromatic rings. The van der Waals surface area contributed by atoms with Gasteiger partial charge in [-0.3, -0.25) is 9.59 Å². The van der Waals surface area contributed by atoms with Crippen molar-refractivity contribution in [2.45, 2.75) is 71.1 Å². The number of unbranched alkanes of at least 4 members (excludes halogenated alkanes) is 7. The fourth-order valence-electron chi connectivity index (χ4n) is 2.81. The molecule has 1 radical (unpaired) electrons. The molecule has 1 rings (SSSR count). The Balaban J connectivity index is 2.14. The van der Waals surface area contributed by atoms with Crippen LogP contribution in [0, 0.1) is 6.92 Å². The molecule has 0 atom stereocenters. The summed E-state index contributed by atoms with van der Waals surface area (Å²) < 4.78 is 5.74. The van der Waals surface area contributed by atoms with Gasteiger partial charge in [-0.15, -0.1) is 0 Å². The summed E-state index contributed by atoms with van der Waals surface area (Å²) in [6.07, 6.45) is 10.8. The Morgan fingerprint density at radius 1 is 0.893 bits per heavy atom. The second-order valence-electron chi connectivity index (χ2n) is 7.06. The maximum Gasteiger partial charge on any atom is 0.251 e. The zero-order valence-electron chi connectivity index (χ0n) is 17.4. The van der Waals surface area contributed by atoms with E-state index in [0.717, 1.165) is 25.0 Å². The van der Waals surface area contributed by atoms with Gasteiger partial charge in [-0.25, -0.2) is 0 Å². The maximum absolute atomic E-state index is 12.1. The van der Waals surface area contributed by atoms with Crippen LogP contribution in [0.1, 0.15) is 81.5 Å². The molecular formula is C23H37N2O3. The molecule has 0 aliphatic rings. The average molecular weight is 390 g/mol. The molecule has 2 amide bonds. The first-order valence-corrected chi connectivity index (χ1v) is 10.7. The number of rotatable bonds is 16. The highest BCUT2D eigenvalue weighted by atomic mass is 16.5. The van der Waals surface area contributed by atoms with Crippen molar-refractivity contribution in [2.24, 2.45) is 0 Å². The van der Waals surface area contributed by atoms with Crippen LogP contribution in [0.3, 0.4) is 0 Å². The Hall–Kier alpha value is -2.04. The topological polar surface area (TPSA) is 67.4 Å². The smallest absolute Gasteiger partial charge is 0.251 e. The van der Waals surface area contributed by atoms with Crippen LogP contribution in [0.25, 0.3) is 0 Å². The van der Waals surface area contributed by atoms with E-state index in [0.29, 0.717) is 31.7 Å². The van der Waals surface area contributed by atoms with Gasteiger partial charge in [-0.05, 0) is 37.1 Å². The van der Waals surface area contributed by atoms with E-state index in [9.17, 15) is 9.59 Å². The van der Waals surface area contributed by atoms with Gasteiger partial charge in [0.05, 0.1) is 6.61 Å². The number of carbonyl (C=O) groups is 2. The van der Waals surface area contributed by atoms with Gasteiger partial charge >= 0.3 is 0 Å². The van der Waals surface area contributed by atoms with Gasteiger partial charge < -0.3 is 15.4 Å². The first-order valence-electron chi connectivity index (χ1n) is 10.7. The predicted molar refractivity (Wildman–Crippen MR) is 114 cm³/mol. The first kappa shape index (κ1) is 24.0. The number of benzene rings is 1. The summed E-state index contributed by atoms with van der Waals surface area (Å²) in [4.78, 5) is 23.6. The molecule has 0 saturated carbocycles. The van der Waals surface area contributed by atoms with Crippen molar-refractivity contribution < 1.29 is 14.3 Å². The Bertz CT molecular complexity index is 543. The van der Waals surface area contributed by atoms with Crippen LogP contribution in [-0.2, 0) is 4.79 Å². The normalized spacial score (nSPS) is 10.5. The fourth-order valence-corrected chi connectivity index (χ4v) is 2.81. The SMILES string of the molecule is [CH2]CCCC(=O)NCCNC(=O)c1ccc(OCCCCCCCCC)cc1. The lowest BCUT2D eigenvalue weighted by atomic mass is 10.1. The van der Waals surface area contributed by atoms with Gasteiger partial charge in [-0.1, -0.05) is 58.8 Å². The molecule has 0 unspecified atom stereocenters. The molecule has 157 valence electrons. The molecule has 0 heterocycles. The second kappa shape index (κ2) is 16.0. The van der Waals surface area contributed by atoms with Crippen LogP contribution in [0.2, 0.25) is 0 Å². The third kappa shape index (κ3) is 11.6. The lowest BCUT2D eigenvalue weighted by Gasteiger charge is -2.09. The number of nitrogens with one attached hydrogen (secondary N) is 2. The maximum atomic E-state index is 12.1. The van der Waals surface area contributed by atoms with Crippen LogP contribution in [0.15, 0.2) is 24.3 Å². The minimum Gasteiger partial charge on any atom is -0.494 e. The molecule has 0 saturated heterocycles. The van der Waals surface area contributed by atoms with Crippen LogP contribution in [0.4, 0.5) is 0 Å².